The third-order valence-electron chi connectivity index (χ3n) is 3.42. The molecule has 0 saturated carbocycles. The van der Waals surface area contributed by atoms with E-state index in [2.05, 4.69) is 39.4 Å². The molecule has 1 unspecified atom stereocenters. The van der Waals surface area contributed by atoms with Crippen molar-refractivity contribution in [3.8, 4) is 5.75 Å². The lowest BCUT2D eigenvalue weighted by Gasteiger charge is -2.27. The molecular weight excluding hydrogens is 318 g/mol. The van der Waals surface area contributed by atoms with Crippen molar-refractivity contribution in [2.75, 3.05) is 19.0 Å². The van der Waals surface area contributed by atoms with Crippen LogP contribution in [-0.4, -0.2) is 13.7 Å². The van der Waals surface area contributed by atoms with Gasteiger partial charge in [0, 0.05) is 16.2 Å². The number of rotatable bonds is 3. The number of hydrogen-bond donors (Lipinski definition) is 1. The van der Waals surface area contributed by atoms with E-state index in [4.69, 9.17) is 9.47 Å². The molecule has 20 heavy (non-hydrogen) atoms. The highest BCUT2D eigenvalue weighted by Crippen LogP contribution is 2.31. The molecule has 0 fully saturated rings. The molecule has 0 saturated heterocycles. The first kappa shape index (κ1) is 13.5. The molecule has 4 heteroatoms. The highest BCUT2D eigenvalue weighted by atomic mass is 79.9. The zero-order valence-corrected chi connectivity index (χ0v) is 12.8. The molecule has 2 aromatic rings. The predicted molar refractivity (Wildman–Crippen MR) is 83.2 cm³/mol. The Kier molecular flexibility index (Phi) is 3.94. The summed E-state index contributed by atoms with van der Waals surface area (Å²) in [6.07, 6.45) is 0. The standard InChI is InChI=1S/C16H16BrNO2/c1-19-14-7-12(17)6-13(8-14)18-16-10-20-9-11-4-2-3-5-15(11)16/h2-8,16,18H,9-10H2,1H3. The minimum Gasteiger partial charge on any atom is -0.497 e. The van der Waals surface area contributed by atoms with Crippen molar-refractivity contribution in [3.05, 3.63) is 58.1 Å². The Balaban J connectivity index is 1.87. The molecule has 2 aromatic carbocycles. The minimum atomic E-state index is 0.166. The van der Waals surface area contributed by atoms with Gasteiger partial charge in [0.1, 0.15) is 5.75 Å². The lowest BCUT2D eigenvalue weighted by atomic mass is 9.99. The number of benzene rings is 2. The Bertz CT molecular complexity index is 615. The van der Waals surface area contributed by atoms with Gasteiger partial charge in [-0.2, -0.15) is 0 Å². The van der Waals surface area contributed by atoms with Crippen molar-refractivity contribution < 1.29 is 9.47 Å². The predicted octanol–water partition coefficient (Wildman–Crippen LogP) is 4.14. The van der Waals surface area contributed by atoms with Crippen LogP contribution in [-0.2, 0) is 11.3 Å². The fraction of sp³-hybridized carbons (Fsp3) is 0.250. The molecule has 1 heterocycles. The van der Waals surface area contributed by atoms with Crippen molar-refractivity contribution >= 4 is 21.6 Å². The number of ether oxygens (including phenoxy) is 2. The second-order valence-electron chi connectivity index (χ2n) is 4.79. The van der Waals surface area contributed by atoms with Gasteiger partial charge in [0.05, 0.1) is 26.4 Å². The largest absolute Gasteiger partial charge is 0.497 e. The van der Waals surface area contributed by atoms with Crippen molar-refractivity contribution in [1.82, 2.24) is 0 Å². The number of hydrogen-bond acceptors (Lipinski definition) is 3. The summed E-state index contributed by atoms with van der Waals surface area (Å²) in [4.78, 5) is 0. The van der Waals surface area contributed by atoms with Crippen LogP contribution in [0.15, 0.2) is 46.9 Å². The van der Waals surface area contributed by atoms with Crippen LogP contribution in [0.25, 0.3) is 0 Å². The van der Waals surface area contributed by atoms with Gasteiger partial charge in [-0.15, -0.1) is 0 Å². The van der Waals surface area contributed by atoms with Crippen molar-refractivity contribution in [3.63, 3.8) is 0 Å². The lowest BCUT2D eigenvalue weighted by molar-refractivity contribution is 0.0970. The third kappa shape index (κ3) is 2.81. The number of nitrogens with one attached hydrogen (secondary N) is 1. The second kappa shape index (κ2) is 5.85. The van der Waals surface area contributed by atoms with Gasteiger partial charge in [0.2, 0.25) is 0 Å². The maximum absolute atomic E-state index is 5.66. The Morgan fingerprint density at radius 1 is 1.25 bits per heavy atom. The van der Waals surface area contributed by atoms with Crippen molar-refractivity contribution in [2.45, 2.75) is 12.6 Å². The molecule has 0 aliphatic carbocycles. The van der Waals surface area contributed by atoms with E-state index < -0.39 is 0 Å². The highest BCUT2D eigenvalue weighted by molar-refractivity contribution is 9.10. The zero-order chi connectivity index (χ0) is 13.9. The fourth-order valence-corrected chi connectivity index (χ4v) is 2.94. The number of halogens is 1. The van der Waals surface area contributed by atoms with Gasteiger partial charge in [-0.1, -0.05) is 40.2 Å². The van der Waals surface area contributed by atoms with Crippen LogP contribution in [0.5, 0.6) is 5.75 Å². The summed E-state index contributed by atoms with van der Waals surface area (Å²) in [5, 5.41) is 3.52. The number of anilines is 1. The zero-order valence-electron chi connectivity index (χ0n) is 11.2. The molecule has 1 aliphatic rings. The molecule has 0 spiro atoms. The first-order valence-corrected chi connectivity index (χ1v) is 7.32. The van der Waals surface area contributed by atoms with Gasteiger partial charge in [-0.05, 0) is 23.3 Å². The molecule has 1 N–H and O–H groups in total. The lowest BCUT2D eigenvalue weighted by Crippen LogP contribution is -2.23. The monoisotopic (exact) mass is 333 g/mol. The van der Waals surface area contributed by atoms with E-state index in [-0.39, 0.29) is 6.04 Å². The van der Waals surface area contributed by atoms with Crippen LogP contribution in [0.4, 0.5) is 5.69 Å². The summed E-state index contributed by atoms with van der Waals surface area (Å²) >= 11 is 3.50. The number of fused-ring (bicyclic) bond motifs is 1. The summed E-state index contributed by atoms with van der Waals surface area (Å²) in [6, 6.07) is 14.5. The van der Waals surface area contributed by atoms with Gasteiger partial charge in [0.15, 0.2) is 0 Å². The smallest absolute Gasteiger partial charge is 0.122 e. The summed E-state index contributed by atoms with van der Waals surface area (Å²) in [5.74, 6) is 0.826. The van der Waals surface area contributed by atoms with E-state index in [1.807, 2.05) is 24.3 Å². The SMILES string of the molecule is COc1cc(Br)cc(NC2COCc3ccccc32)c1. The molecule has 0 radical (unpaired) electrons. The Labute approximate surface area is 127 Å². The molecule has 1 aliphatic heterocycles. The van der Waals surface area contributed by atoms with Crippen LogP contribution < -0.4 is 10.1 Å². The quantitative estimate of drug-likeness (QED) is 0.915. The van der Waals surface area contributed by atoms with Crippen LogP contribution in [0, 0.1) is 0 Å². The maximum Gasteiger partial charge on any atom is 0.122 e. The molecule has 104 valence electrons. The topological polar surface area (TPSA) is 30.5 Å². The minimum absolute atomic E-state index is 0.166. The fourth-order valence-electron chi connectivity index (χ4n) is 2.47. The molecular formula is C16H16BrNO2. The van der Waals surface area contributed by atoms with Crippen LogP contribution >= 0.6 is 15.9 Å². The van der Waals surface area contributed by atoms with Gasteiger partial charge in [-0.25, -0.2) is 0 Å². The molecule has 0 bridgehead atoms. The van der Waals surface area contributed by atoms with Crippen LogP contribution in [0.2, 0.25) is 0 Å². The molecule has 0 aromatic heterocycles. The first-order valence-electron chi connectivity index (χ1n) is 6.53. The van der Waals surface area contributed by atoms with Gasteiger partial charge >= 0.3 is 0 Å². The van der Waals surface area contributed by atoms with E-state index in [1.54, 1.807) is 7.11 Å². The van der Waals surface area contributed by atoms with E-state index in [9.17, 15) is 0 Å². The molecule has 3 nitrogen and oxygen atoms in total. The van der Waals surface area contributed by atoms with E-state index in [0.29, 0.717) is 13.2 Å². The molecule has 1 atom stereocenters. The van der Waals surface area contributed by atoms with Crippen molar-refractivity contribution in [2.24, 2.45) is 0 Å². The summed E-state index contributed by atoms with van der Waals surface area (Å²) < 4.78 is 11.9. The first-order chi connectivity index (χ1) is 9.76. The average Bonchev–Trinajstić information content (AvgIpc) is 2.47. The highest BCUT2D eigenvalue weighted by Gasteiger charge is 2.20. The normalized spacial score (nSPS) is 17.4. The van der Waals surface area contributed by atoms with Crippen LogP contribution in [0.3, 0.4) is 0 Å². The summed E-state index contributed by atoms with van der Waals surface area (Å²) in [5.41, 5.74) is 3.57. The van der Waals surface area contributed by atoms with Crippen molar-refractivity contribution in [1.29, 1.82) is 0 Å². The maximum atomic E-state index is 5.66. The number of methoxy groups -OCH3 is 1. The van der Waals surface area contributed by atoms with Gasteiger partial charge < -0.3 is 14.8 Å². The van der Waals surface area contributed by atoms with E-state index >= 15 is 0 Å². The van der Waals surface area contributed by atoms with Gasteiger partial charge in [0.25, 0.3) is 0 Å². The average molecular weight is 334 g/mol. The molecule has 0 amide bonds. The van der Waals surface area contributed by atoms with E-state index in [0.717, 1.165) is 15.9 Å². The molecule has 3 rings (SSSR count). The van der Waals surface area contributed by atoms with Gasteiger partial charge in [-0.3, -0.25) is 0 Å². The Morgan fingerprint density at radius 2 is 2.10 bits per heavy atom. The van der Waals surface area contributed by atoms with E-state index in [1.165, 1.54) is 11.1 Å². The third-order valence-corrected chi connectivity index (χ3v) is 3.88. The summed E-state index contributed by atoms with van der Waals surface area (Å²) in [6.45, 7) is 1.36. The van der Waals surface area contributed by atoms with Crippen LogP contribution in [0.1, 0.15) is 17.2 Å². The Hall–Kier alpha value is -1.52. The second-order valence-corrected chi connectivity index (χ2v) is 5.71. The summed E-state index contributed by atoms with van der Waals surface area (Å²) in [7, 11) is 1.67. The Morgan fingerprint density at radius 3 is 2.95 bits per heavy atom.